The fourth-order valence-corrected chi connectivity index (χ4v) is 4.43. The molecule has 1 fully saturated rings. The molecule has 1 atom stereocenters. The van der Waals surface area contributed by atoms with Crippen LogP contribution in [0.25, 0.3) is 11.1 Å². The predicted octanol–water partition coefficient (Wildman–Crippen LogP) is 1.57. The van der Waals surface area contributed by atoms with E-state index in [9.17, 15) is 13.2 Å². The van der Waals surface area contributed by atoms with Crippen molar-refractivity contribution in [1.82, 2.24) is 15.5 Å². The molecule has 3 rings (SSSR count). The fraction of sp³-hybridized carbons (Fsp3) is 0.533. The van der Waals surface area contributed by atoms with Crippen molar-refractivity contribution in [2.75, 3.05) is 11.5 Å². The summed E-state index contributed by atoms with van der Waals surface area (Å²) in [6.07, 6.45) is 0.446. The van der Waals surface area contributed by atoms with Gasteiger partial charge in [-0.1, -0.05) is 19.0 Å². The molecule has 2 aromatic heterocycles. The molecule has 124 valence electrons. The SMILES string of the molecule is Cc1noc2nc(C(C)C)cc(C(=O)NC3CCS(=O)(=O)C3)c12. The van der Waals surface area contributed by atoms with Crippen molar-refractivity contribution in [3.8, 4) is 0 Å². The van der Waals surface area contributed by atoms with Gasteiger partial charge in [-0.15, -0.1) is 0 Å². The molecular formula is C15H19N3O4S. The first-order valence-corrected chi connectivity index (χ1v) is 9.37. The van der Waals surface area contributed by atoms with E-state index < -0.39 is 9.84 Å². The Hall–Kier alpha value is -1.96. The zero-order valence-electron chi connectivity index (χ0n) is 13.3. The second-order valence-corrected chi connectivity index (χ2v) is 8.50. The van der Waals surface area contributed by atoms with E-state index >= 15 is 0 Å². The Morgan fingerprint density at radius 3 is 2.78 bits per heavy atom. The standard InChI is InChI=1S/C15H19N3O4S/c1-8(2)12-6-11(13-9(3)18-22-15(13)17-12)14(19)16-10-4-5-23(20,21)7-10/h6,8,10H,4-5,7H2,1-3H3,(H,16,19). The van der Waals surface area contributed by atoms with Gasteiger partial charge < -0.3 is 9.84 Å². The van der Waals surface area contributed by atoms with Crippen molar-refractivity contribution in [3.05, 3.63) is 23.0 Å². The van der Waals surface area contributed by atoms with Crippen LogP contribution in [0.4, 0.5) is 0 Å². The third-order valence-electron chi connectivity index (χ3n) is 4.04. The first-order valence-electron chi connectivity index (χ1n) is 7.55. The topological polar surface area (TPSA) is 102 Å². The quantitative estimate of drug-likeness (QED) is 0.912. The Morgan fingerprint density at radius 2 is 2.17 bits per heavy atom. The maximum absolute atomic E-state index is 12.6. The lowest BCUT2D eigenvalue weighted by atomic mass is 10.0. The van der Waals surface area contributed by atoms with E-state index in [0.717, 1.165) is 5.69 Å². The van der Waals surface area contributed by atoms with Crippen LogP contribution in [0.2, 0.25) is 0 Å². The molecule has 1 saturated heterocycles. The Bertz CT molecular complexity index is 870. The average Bonchev–Trinajstić information content (AvgIpc) is 3.01. The third kappa shape index (κ3) is 3.08. The molecule has 0 saturated carbocycles. The summed E-state index contributed by atoms with van der Waals surface area (Å²) in [5.74, 6) is -0.0734. The number of aromatic nitrogens is 2. The minimum atomic E-state index is -3.04. The lowest BCUT2D eigenvalue weighted by Gasteiger charge is -2.13. The molecule has 0 aliphatic carbocycles. The van der Waals surface area contributed by atoms with E-state index in [1.165, 1.54) is 0 Å². The molecule has 0 bridgehead atoms. The molecule has 7 nitrogen and oxygen atoms in total. The molecule has 1 aliphatic rings. The van der Waals surface area contributed by atoms with Crippen LogP contribution in [0.15, 0.2) is 10.6 Å². The number of fused-ring (bicyclic) bond motifs is 1. The van der Waals surface area contributed by atoms with Gasteiger partial charge in [0.2, 0.25) is 0 Å². The Kier molecular flexibility index (Phi) is 3.87. The normalized spacial score (nSPS) is 20.3. The summed E-state index contributed by atoms with van der Waals surface area (Å²) in [6.45, 7) is 5.70. The van der Waals surface area contributed by atoms with Crippen molar-refractivity contribution in [3.63, 3.8) is 0 Å². The van der Waals surface area contributed by atoms with Crippen LogP contribution < -0.4 is 5.32 Å². The van der Waals surface area contributed by atoms with Gasteiger partial charge in [-0.2, -0.15) is 0 Å². The largest absolute Gasteiger partial charge is 0.348 e. The minimum Gasteiger partial charge on any atom is -0.348 e. The maximum Gasteiger partial charge on any atom is 0.259 e. The molecule has 1 N–H and O–H groups in total. The molecule has 3 heterocycles. The Morgan fingerprint density at radius 1 is 1.43 bits per heavy atom. The van der Waals surface area contributed by atoms with Gasteiger partial charge in [-0.25, -0.2) is 13.4 Å². The first kappa shape index (κ1) is 15.9. The van der Waals surface area contributed by atoms with E-state index in [1.54, 1.807) is 13.0 Å². The monoisotopic (exact) mass is 337 g/mol. The predicted molar refractivity (Wildman–Crippen MR) is 85.2 cm³/mol. The molecule has 2 aromatic rings. The molecule has 0 radical (unpaired) electrons. The second kappa shape index (κ2) is 5.59. The maximum atomic E-state index is 12.6. The van der Waals surface area contributed by atoms with E-state index in [0.29, 0.717) is 28.8 Å². The molecule has 1 amide bonds. The van der Waals surface area contributed by atoms with Gasteiger partial charge in [0.15, 0.2) is 9.84 Å². The van der Waals surface area contributed by atoms with Crippen LogP contribution in [0.1, 0.15) is 47.9 Å². The zero-order valence-corrected chi connectivity index (χ0v) is 14.1. The number of nitrogens with one attached hydrogen (secondary N) is 1. The van der Waals surface area contributed by atoms with Crippen LogP contribution in [0.3, 0.4) is 0 Å². The van der Waals surface area contributed by atoms with E-state index in [-0.39, 0.29) is 29.4 Å². The number of amides is 1. The van der Waals surface area contributed by atoms with Gasteiger partial charge in [-0.05, 0) is 25.3 Å². The number of rotatable bonds is 3. The summed E-state index contributed by atoms with van der Waals surface area (Å²) in [4.78, 5) is 17.0. The summed E-state index contributed by atoms with van der Waals surface area (Å²) in [5, 5.41) is 7.27. The van der Waals surface area contributed by atoms with Gasteiger partial charge >= 0.3 is 0 Å². The van der Waals surface area contributed by atoms with E-state index in [1.807, 2.05) is 13.8 Å². The van der Waals surface area contributed by atoms with Crippen LogP contribution in [-0.4, -0.2) is 42.0 Å². The van der Waals surface area contributed by atoms with Gasteiger partial charge in [0.1, 0.15) is 0 Å². The molecule has 0 spiro atoms. The van der Waals surface area contributed by atoms with Crippen LogP contribution in [0.5, 0.6) is 0 Å². The van der Waals surface area contributed by atoms with Gasteiger partial charge in [0.25, 0.3) is 11.6 Å². The highest BCUT2D eigenvalue weighted by atomic mass is 32.2. The summed E-state index contributed by atoms with van der Waals surface area (Å²) in [7, 11) is -3.04. The minimum absolute atomic E-state index is 0.00732. The smallest absolute Gasteiger partial charge is 0.259 e. The molecular weight excluding hydrogens is 318 g/mol. The number of hydrogen-bond acceptors (Lipinski definition) is 6. The second-order valence-electron chi connectivity index (χ2n) is 6.27. The zero-order chi connectivity index (χ0) is 16.8. The third-order valence-corrected chi connectivity index (χ3v) is 5.81. The molecule has 23 heavy (non-hydrogen) atoms. The number of nitrogens with zero attached hydrogens (tertiary/aromatic N) is 2. The van der Waals surface area contributed by atoms with Crippen molar-refractivity contribution in [2.45, 2.75) is 39.2 Å². The number of hydrogen-bond donors (Lipinski definition) is 1. The first-order chi connectivity index (χ1) is 10.8. The van der Waals surface area contributed by atoms with Crippen molar-refractivity contribution >= 4 is 26.8 Å². The number of sulfone groups is 1. The summed E-state index contributed by atoms with van der Waals surface area (Å²) >= 11 is 0. The highest BCUT2D eigenvalue weighted by molar-refractivity contribution is 7.91. The highest BCUT2D eigenvalue weighted by Gasteiger charge is 2.30. The molecule has 8 heteroatoms. The van der Waals surface area contributed by atoms with Crippen LogP contribution in [-0.2, 0) is 9.84 Å². The fourth-order valence-electron chi connectivity index (χ4n) is 2.76. The van der Waals surface area contributed by atoms with E-state index in [4.69, 9.17) is 4.52 Å². The lowest BCUT2D eigenvalue weighted by Crippen LogP contribution is -2.35. The average molecular weight is 337 g/mol. The van der Waals surface area contributed by atoms with E-state index in [2.05, 4.69) is 15.5 Å². The Balaban J connectivity index is 1.97. The number of pyridine rings is 1. The van der Waals surface area contributed by atoms with Crippen LogP contribution in [0, 0.1) is 6.92 Å². The molecule has 0 aromatic carbocycles. The van der Waals surface area contributed by atoms with Crippen LogP contribution >= 0.6 is 0 Å². The number of carbonyl (C=O) groups excluding carboxylic acids is 1. The van der Waals surface area contributed by atoms with Crippen molar-refractivity contribution in [2.24, 2.45) is 0 Å². The van der Waals surface area contributed by atoms with Crippen molar-refractivity contribution < 1.29 is 17.7 Å². The highest BCUT2D eigenvalue weighted by Crippen LogP contribution is 2.25. The number of carbonyl (C=O) groups is 1. The summed E-state index contributed by atoms with van der Waals surface area (Å²) < 4.78 is 28.3. The Labute approximate surface area is 134 Å². The van der Waals surface area contributed by atoms with Crippen molar-refractivity contribution in [1.29, 1.82) is 0 Å². The van der Waals surface area contributed by atoms with Gasteiger partial charge in [0, 0.05) is 11.7 Å². The lowest BCUT2D eigenvalue weighted by molar-refractivity contribution is 0.0942. The van der Waals surface area contributed by atoms with Gasteiger partial charge in [-0.3, -0.25) is 4.79 Å². The van der Waals surface area contributed by atoms with Gasteiger partial charge in [0.05, 0.1) is 28.1 Å². The number of aryl methyl sites for hydroxylation is 1. The summed E-state index contributed by atoms with van der Waals surface area (Å²) in [6, 6.07) is 1.38. The molecule has 1 unspecified atom stereocenters. The summed E-state index contributed by atoms with van der Waals surface area (Å²) in [5.41, 5.74) is 2.09. The molecule has 1 aliphatic heterocycles.